The summed E-state index contributed by atoms with van der Waals surface area (Å²) >= 11 is 0. The molecule has 1 aliphatic rings. The van der Waals surface area contributed by atoms with Crippen molar-refractivity contribution in [3.63, 3.8) is 0 Å². The predicted octanol–water partition coefficient (Wildman–Crippen LogP) is 3.44. The van der Waals surface area contributed by atoms with Crippen molar-refractivity contribution in [1.29, 1.82) is 0 Å². The van der Waals surface area contributed by atoms with Gasteiger partial charge in [-0.05, 0) is 38.1 Å². The minimum absolute atomic E-state index is 0.565. The fraction of sp³-hybridized carbons (Fsp3) is 0.440. The average molecular weight is 435 g/mol. The van der Waals surface area contributed by atoms with Gasteiger partial charge in [-0.25, -0.2) is 4.99 Å². The van der Waals surface area contributed by atoms with E-state index in [0.29, 0.717) is 12.6 Å². The first-order valence-electron chi connectivity index (χ1n) is 11.6. The van der Waals surface area contributed by atoms with E-state index in [4.69, 9.17) is 9.41 Å². The summed E-state index contributed by atoms with van der Waals surface area (Å²) in [5.41, 5.74) is 3.21. The molecule has 2 aromatic heterocycles. The van der Waals surface area contributed by atoms with Crippen LogP contribution in [0.1, 0.15) is 31.1 Å². The summed E-state index contributed by atoms with van der Waals surface area (Å²) < 4.78 is 7.33. The molecule has 1 atom stereocenters. The summed E-state index contributed by atoms with van der Waals surface area (Å²) in [7, 11) is 1.96. The molecule has 1 fully saturated rings. The largest absolute Gasteiger partial charge is 0.469 e. The second kappa shape index (κ2) is 11.0. The maximum absolute atomic E-state index is 5.46. The molecular formula is C25H34N6O. The van der Waals surface area contributed by atoms with Crippen molar-refractivity contribution < 1.29 is 4.42 Å². The molecule has 3 heterocycles. The standard InChI is InChI=1S/C25H34N6O/c1-3-31-15-7-11-22(31)18-28-25(26-14-13-23-12-8-16-32-23)27-17-21-19-30(2)29-24(21)20-9-5-4-6-10-20/h4-6,8-10,12,16,19,22H,3,7,11,13-15,17-18H2,1-2H3,(H2,26,27,28). The van der Waals surface area contributed by atoms with Crippen LogP contribution in [-0.2, 0) is 20.0 Å². The first-order valence-corrected chi connectivity index (χ1v) is 11.6. The zero-order chi connectivity index (χ0) is 22.2. The monoisotopic (exact) mass is 434 g/mol. The minimum Gasteiger partial charge on any atom is -0.469 e. The number of aromatic nitrogens is 2. The lowest BCUT2D eigenvalue weighted by Gasteiger charge is -2.24. The van der Waals surface area contributed by atoms with E-state index >= 15 is 0 Å². The van der Waals surface area contributed by atoms with Crippen molar-refractivity contribution in [3.8, 4) is 11.3 Å². The molecule has 1 saturated heterocycles. The molecule has 1 aliphatic heterocycles. The van der Waals surface area contributed by atoms with Crippen LogP contribution in [0, 0.1) is 0 Å². The summed E-state index contributed by atoms with van der Waals surface area (Å²) in [5.74, 6) is 1.81. The average Bonchev–Trinajstić information content (AvgIpc) is 3.57. The highest BCUT2D eigenvalue weighted by atomic mass is 16.3. The van der Waals surface area contributed by atoms with Gasteiger partial charge in [-0.1, -0.05) is 37.3 Å². The number of hydrogen-bond donors (Lipinski definition) is 2. The van der Waals surface area contributed by atoms with Crippen LogP contribution in [0.4, 0.5) is 0 Å². The Bertz CT molecular complexity index is 979. The van der Waals surface area contributed by atoms with Crippen LogP contribution in [0.25, 0.3) is 11.3 Å². The number of guanidine groups is 1. The van der Waals surface area contributed by atoms with Gasteiger partial charge in [-0.3, -0.25) is 9.58 Å². The lowest BCUT2D eigenvalue weighted by molar-refractivity contribution is 0.267. The third-order valence-corrected chi connectivity index (χ3v) is 6.01. The molecule has 0 amide bonds. The fourth-order valence-electron chi connectivity index (χ4n) is 4.35. The molecule has 0 bridgehead atoms. The Kier molecular flexibility index (Phi) is 7.61. The molecule has 3 aromatic rings. The van der Waals surface area contributed by atoms with Crippen molar-refractivity contribution in [2.24, 2.45) is 12.0 Å². The quantitative estimate of drug-likeness (QED) is 0.399. The van der Waals surface area contributed by atoms with Crippen LogP contribution in [0.3, 0.4) is 0 Å². The van der Waals surface area contributed by atoms with Gasteiger partial charge in [0.1, 0.15) is 5.76 Å². The fourth-order valence-corrected chi connectivity index (χ4v) is 4.35. The van der Waals surface area contributed by atoms with Gasteiger partial charge in [-0.15, -0.1) is 0 Å². The Hall–Kier alpha value is -3.06. The lowest BCUT2D eigenvalue weighted by Crippen LogP contribution is -2.45. The molecule has 0 spiro atoms. The van der Waals surface area contributed by atoms with E-state index < -0.39 is 0 Å². The molecule has 170 valence electrons. The highest BCUT2D eigenvalue weighted by molar-refractivity contribution is 5.80. The van der Waals surface area contributed by atoms with Crippen molar-refractivity contribution in [2.45, 2.75) is 38.8 Å². The SMILES string of the molecule is CCN1CCCC1CNC(=NCc1cn(C)nc1-c1ccccc1)NCCc1ccco1. The van der Waals surface area contributed by atoms with Gasteiger partial charge in [0.25, 0.3) is 0 Å². The van der Waals surface area contributed by atoms with Crippen LogP contribution in [0.2, 0.25) is 0 Å². The maximum Gasteiger partial charge on any atom is 0.191 e. The predicted molar refractivity (Wildman–Crippen MR) is 128 cm³/mol. The smallest absolute Gasteiger partial charge is 0.191 e. The van der Waals surface area contributed by atoms with Gasteiger partial charge in [0.15, 0.2) is 5.96 Å². The molecular weight excluding hydrogens is 400 g/mol. The number of hydrogen-bond acceptors (Lipinski definition) is 4. The number of nitrogens with zero attached hydrogens (tertiary/aromatic N) is 4. The van der Waals surface area contributed by atoms with E-state index in [1.165, 1.54) is 19.4 Å². The van der Waals surface area contributed by atoms with E-state index in [2.05, 4.69) is 45.9 Å². The molecule has 2 N–H and O–H groups in total. The number of nitrogens with one attached hydrogen (secondary N) is 2. The molecule has 4 rings (SSSR count). The minimum atomic E-state index is 0.565. The molecule has 7 heteroatoms. The van der Waals surface area contributed by atoms with Crippen molar-refractivity contribution in [2.75, 3.05) is 26.2 Å². The van der Waals surface area contributed by atoms with Gasteiger partial charge in [-0.2, -0.15) is 5.10 Å². The topological polar surface area (TPSA) is 70.6 Å². The Labute approximate surface area is 190 Å². The number of likely N-dealkylation sites (tertiary alicyclic amines) is 1. The highest BCUT2D eigenvalue weighted by Crippen LogP contribution is 2.22. The Morgan fingerprint density at radius 2 is 2.06 bits per heavy atom. The van der Waals surface area contributed by atoms with Crippen LogP contribution in [0.15, 0.2) is 64.3 Å². The summed E-state index contributed by atoms with van der Waals surface area (Å²) in [6, 6.07) is 14.8. The van der Waals surface area contributed by atoms with Gasteiger partial charge >= 0.3 is 0 Å². The van der Waals surface area contributed by atoms with Crippen LogP contribution in [-0.4, -0.2) is 52.9 Å². The van der Waals surface area contributed by atoms with Gasteiger partial charge in [0, 0.05) is 49.9 Å². The van der Waals surface area contributed by atoms with Gasteiger partial charge < -0.3 is 15.1 Å². The Morgan fingerprint density at radius 1 is 1.19 bits per heavy atom. The molecule has 1 aromatic carbocycles. The van der Waals surface area contributed by atoms with E-state index in [1.807, 2.05) is 42.1 Å². The second-order valence-electron chi connectivity index (χ2n) is 8.27. The van der Waals surface area contributed by atoms with E-state index in [0.717, 1.165) is 54.6 Å². The zero-order valence-corrected chi connectivity index (χ0v) is 19.1. The van der Waals surface area contributed by atoms with Crippen LogP contribution in [0.5, 0.6) is 0 Å². The third-order valence-electron chi connectivity index (χ3n) is 6.01. The number of aryl methyl sites for hydroxylation is 1. The molecule has 0 aliphatic carbocycles. The summed E-state index contributed by atoms with van der Waals surface area (Å²) in [6.45, 7) is 6.76. The lowest BCUT2D eigenvalue weighted by atomic mass is 10.1. The normalized spacial score (nSPS) is 17.1. The first kappa shape index (κ1) is 22.1. The van der Waals surface area contributed by atoms with E-state index in [-0.39, 0.29) is 0 Å². The van der Waals surface area contributed by atoms with Gasteiger partial charge in [0.2, 0.25) is 0 Å². The van der Waals surface area contributed by atoms with Crippen LogP contribution < -0.4 is 10.6 Å². The third kappa shape index (κ3) is 5.79. The number of furan rings is 1. The number of rotatable bonds is 9. The molecule has 1 unspecified atom stereocenters. The molecule has 7 nitrogen and oxygen atoms in total. The molecule has 0 saturated carbocycles. The summed E-state index contributed by atoms with van der Waals surface area (Å²) in [4.78, 5) is 7.46. The zero-order valence-electron chi connectivity index (χ0n) is 19.1. The number of benzene rings is 1. The van der Waals surface area contributed by atoms with Crippen molar-refractivity contribution >= 4 is 5.96 Å². The summed E-state index contributed by atoms with van der Waals surface area (Å²) in [6.07, 6.45) is 7.11. The van der Waals surface area contributed by atoms with Gasteiger partial charge in [0.05, 0.1) is 18.5 Å². The molecule has 0 radical (unpaired) electrons. The van der Waals surface area contributed by atoms with Crippen LogP contribution >= 0.6 is 0 Å². The number of aliphatic imine (C=N–C) groups is 1. The summed E-state index contributed by atoms with van der Waals surface area (Å²) in [5, 5.41) is 11.7. The van der Waals surface area contributed by atoms with E-state index in [1.54, 1.807) is 6.26 Å². The van der Waals surface area contributed by atoms with Crippen molar-refractivity contribution in [3.05, 3.63) is 66.2 Å². The Morgan fingerprint density at radius 3 is 2.84 bits per heavy atom. The highest BCUT2D eigenvalue weighted by Gasteiger charge is 2.22. The van der Waals surface area contributed by atoms with E-state index in [9.17, 15) is 0 Å². The first-order chi connectivity index (χ1) is 15.7. The second-order valence-corrected chi connectivity index (χ2v) is 8.27. The number of likely N-dealkylation sites (N-methyl/N-ethyl adjacent to an activating group) is 1. The van der Waals surface area contributed by atoms with Crippen molar-refractivity contribution in [1.82, 2.24) is 25.3 Å². The maximum atomic E-state index is 5.46. The molecule has 32 heavy (non-hydrogen) atoms. The Balaban J connectivity index is 1.44.